The lowest BCUT2D eigenvalue weighted by Gasteiger charge is -2.11. The summed E-state index contributed by atoms with van der Waals surface area (Å²) in [4.78, 5) is 19.4. The smallest absolute Gasteiger partial charge is 0.305 e. The Bertz CT molecular complexity index is 477. The number of esters is 1. The fourth-order valence-electron chi connectivity index (χ4n) is 1.77. The fourth-order valence-corrected chi connectivity index (χ4v) is 1.88. The molecule has 1 aromatic heterocycles. The van der Waals surface area contributed by atoms with Gasteiger partial charge in [0, 0.05) is 32.8 Å². The summed E-state index contributed by atoms with van der Waals surface area (Å²) in [7, 11) is 1.71. The Kier molecular flexibility index (Phi) is 8.98. The van der Waals surface area contributed by atoms with Crippen molar-refractivity contribution in [2.45, 2.75) is 26.2 Å². The molecule has 7 heteroatoms. The van der Waals surface area contributed by atoms with Gasteiger partial charge < -0.3 is 15.4 Å². The van der Waals surface area contributed by atoms with Crippen molar-refractivity contribution in [3.63, 3.8) is 0 Å². The summed E-state index contributed by atoms with van der Waals surface area (Å²) in [5.74, 6) is 0.549. The van der Waals surface area contributed by atoms with E-state index >= 15 is 0 Å². The largest absolute Gasteiger partial charge is 0.466 e. The van der Waals surface area contributed by atoms with Crippen LogP contribution in [0.5, 0.6) is 0 Å². The predicted octanol–water partition coefficient (Wildman–Crippen LogP) is 1.79. The minimum Gasteiger partial charge on any atom is -0.466 e. The second-order valence-corrected chi connectivity index (χ2v) is 4.96. The summed E-state index contributed by atoms with van der Waals surface area (Å²) in [6.07, 6.45) is 3.71. The van der Waals surface area contributed by atoms with Crippen LogP contribution in [0.25, 0.3) is 0 Å². The van der Waals surface area contributed by atoms with Crippen LogP contribution in [-0.4, -0.2) is 43.7 Å². The van der Waals surface area contributed by atoms with Gasteiger partial charge in [0.25, 0.3) is 0 Å². The second kappa shape index (κ2) is 10.8. The SMILES string of the molecule is CCOC(=O)CCCNC(=NC)NCCc1ccc(Cl)nc1. The van der Waals surface area contributed by atoms with Crippen LogP contribution >= 0.6 is 11.6 Å². The monoisotopic (exact) mass is 326 g/mol. The van der Waals surface area contributed by atoms with Crippen LogP contribution in [-0.2, 0) is 16.0 Å². The number of carbonyl (C=O) groups excluding carboxylic acids is 1. The van der Waals surface area contributed by atoms with Crippen LogP contribution in [0.4, 0.5) is 0 Å². The number of nitrogens with zero attached hydrogens (tertiary/aromatic N) is 2. The van der Waals surface area contributed by atoms with Gasteiger partial charge >= 0.3 is 5.97 Å². The Labute approximate surface area is 136 Å². The standard InChI is InChI=1S/C15H23ClN4O2/c1-3-22-14(21)5-4-9-18-15(17-2)19-10-8-12-6-7-13(16)20-11-12/h6-7,11H,3-5,8-10H2,1-2H3,(H2,17,18,19). The summed E-state index contributed by atoms with van der Waals surface area (Å²) in [6, 6.07) is 3.73. The number of rotatable bonds is 8. The molecule has 0 aliphatic rings. The van der Waals surface area contributed by atoms with Crippen LogP contribution in [0.2, 0.25) is 5.15 Å². The molecule has 1 rings (SSSR count). The molecular weight excluding hydrogens is 304 g/mol. The fraction of sp³-hybridized carbons (Fsp3) is 0.533. The number of pyridine rings is 1. The molecule has 1 aromatic rings. The molecule has 0 radical (unpaired) electrons. The summed E-state index contributed by atoms with van der Waals surface area (Å²) < 4.78 is 4.87. The van der Waals surface area contributed by atoms with Crippen molar-refractivity contribution < 1.29 is 9.53 Å². The number of halogens is 1. The quantitative estimate of drug-likeness (QED) is 0.250. The number of hydrogen-bond donors (Lipinski definition) is 2. The van der Waals surface area contributed by atoms with Gasteiger partial charge in [0.2, 0.25) is 0 Å². The second-order valence-electron chi connectivity index (χ2n) is 4.57. The van der Waals surface area contributed by atoms with Crippen molar-refractivity contribution in [3.8, 4) is 0 Å². The van der Waals surface area contributed by atoms with E-state index in [1.165, 1.54) is 0 Å². The lowest BCUT2D eigenvalue weighted by atomic mass is 10.2. The van der Waals surface area contributed by atoms with Gasteiger partial charge in [0.05, 0.1) is 6.61 Å². The Morgan fingerprint density at radius 3 is 2.77 bits per heavy atom. The third kappa shape index (κ3) is 7.83. The van der Waals surface area contributed by atoms with Crippen molar-refractivity contribution in [2.24, 2.45) is 4.99 Å². The van der Waals surface area contributed by atoms with Gasteiger partial charge in [-0.15, -0.1) is 0 Å². The first-order valence-corrected chi connectivity index (χ1v) is 7.74. The highest BCUT2D eigenvalue weighted by atomic mass is 35.5. The molecule has 0 bridgehead atoms. The van der Waals surface area contributed by atoms with Gasteiger partial charge in [0.15, 0.2) is 5.96 Å². The maximum atomic E-state index is 11.2. The molecular formula is C15H23ClN4O2. The molecule has 6 nitrogen and oxygen atoms in total. The molecule has 0 unspecified atom stereocenters. The topological polar surface area (TPSA) is 75.6 Å². The van der Waals surface area contributed by atoms with E-state index in [1.807, 2.05) is 6.07 Å². The molecule has 0 aromatic carbocycles. The highest BCUT2D eigenvalue weighted by Crippen LogP contribution is 2.05. The van der Waals surface area contributed by atoms with Gasteiger partial charge in [-0.3, -0.25) is 9.79 Å². The van der Waals surface area contributed by atoms with E-state index in [9.17, 15) is 4.79 Å². The van der Waals surface area contributed by atoms with Gasteiger partial charge in [-0.25, -0.2) is 4.98 Å². The molecule has 122 valence electrons. The molecule has 0 atom stereocenters. The van der Waals surface area contributed by atoms with E-state index in [0.717, 1.165) is 18.5 Å². The zero-order valence-corrected chi connectivity index (χ0v) is 13.8. The highest BCUT2D eigenvalue weighted by molar-refractivity contribution is 6.29. The molecule has 0 amide bonds. The maximum Gasteiger partial charge on any atom is 0.305 e. The number of ether oxygens (including phenoxy) is 1. The first-order chi connectivity index (χ1) is 10.7. The van der Waals surface area contributed by atoms with Gasteiger partial charge in [-0.1, -0.05) is 17.7 Å². The number of nitrogens with one attached hydrogen (secondary N) is 2. The molecule has 0 fully saturated rings. The minimum atomic E-state index is -0.164. The zero-order valence-electron chi connectivity index (χ0n) is 13.1. The average Bonchev–Trinajstić information content (AvgIpc) is 2.51. The third-order valence-corrected chi connectivity index (χ3v) is 3.10. The Hall–Kier alpha value is -1.82. The van der Waals surface area contributed by atoms with E-state index in [2.05, 4.69) is 20.6 Å². The lowest BCUT2D eigenvalue weighted by Crippen LogP contribution is -2.38. The molecule has 0 aliphatic carbocycles. The maximum absolute atomic E-state index is 11.2. The van der Waals surface area contributed by atoms with Crippen molar-refractivity contribution in [2.75, 3.05) is 26.7 Å². The highest BCUT2D eigenvalue weighted by Gasteiger charge is 2.02. The molecule has 0 spiro atoms. The first kappa shape index (κ1) is 18.2. The van der Waals surface area contributed by atoms with Gasteiger partial charge in [0.1, 0.15) is 5.15 Å². The average molecular weight is 327 g/mol. The first-order valence-electron chi connectivity index (χ1n) is 7.36. The predicted molar refractivity (Wildman–Crippen MR) is 88.2 cm³/mol. The normalized spacial score (nSPS) is 11.1. The number of hydrogen-bond acceptors (Lipinski definition) is 4. The lowest BCUT2D eigenvalue weighted by molar-refractivity contribution is -0.143. The molecule has 0 saturated heterocycles. The molecule has 1 heterocycles. The number of aliphatic imine (C=N–C) groups is 1. The summed E-state index contributed by atoms with van der Waals surface area (Å²) in [6.45, 7) is 3.63. The molecule has 2 N–H and O–H groups in total. The van der Waals surface area contributed by atoms with Crippen molar-refractivity contribution in [1.29, 1.82) is 0 Å². The van der Waals surface area contributed by atoms with Crippen LogP contribution in [0.1, 0.15) is 25.3 Å². The van der Waals surface area contributed by atoms with Crippen LogP contribution in [0.3, 0.4) is 0 Å². The number of carbonyl (C=O) groups is 1. The van der Waals surface area contributed by atoms with Crippen molar-refractivity contribution in [1.82, 2.24) is 15.6 Å². The zero-order chi connectivity index (χ0) is 16.2. The third-order valence-electron chi connectivity index (χ3n) is 2.87. The van der Waals surface area contributed by atoms with E-state index < -0.39 is 0 Å². The van der Waals surface area contributed by atoms with E-state index in [0.29, 0.717) is 37.1 Å². The van der Waals surface area contributed by atoms with Gasteiger partial charge in [-0.2, -0.15) is 0 Å². The Morgan fingerprint density at radius 1 is 1.36 bits per heavy atom. The van der Waals surface area contributed by atoms with Crippen LogP contribution in [0, 0.1) is 0 Å². The van der Waals surface area contributed by atoms with Crippen molar-refractivity contribution >= 4 is 23.5 Å². The summed E-state index contributed by atoms with van der Waals surface area (Å²) >= 11 is 5.74. The molecule has 0 aliphatic heterocycles. The Morgan fingerprint density at radius 2 is 2.14 bits per heavy atom. The number of aromatic nitrogens is 1. The van der Waals surface area contributed by atoms with Crippen LogP contribution in [0.15, 0.2) is 23.3 Å². The van der Waals surface area contributed by atoms with Crippen molar-refractivity contribution in [3.05, 3.63) is 29.0 Å². The van der Waals surface area contributed by atoms with E-state index in [1.54, 1.807) is 26.2 Å². The van der Waals surface area contributed by atoms with E-state index in [4.69, 9.17) is 16.3 Å². The van der Waals surface area contributed by atoms with Crippen LogP contribution < -0.4 is 10.6 Å². The molecule has 0 saturated carbocycles. The summed E-state index contributed by atoms with van der Waals surface area (Å²) in [5, 5.41) is 6.86. The molecule has 22 heavy (non-hydrogen) atoms. The Balaban J connectivity index is 2.17. The van der Waals surface area contributed by atoms with Gasteiger partial charge in [-0.05, 0) is 31.4 Å². The van der Waals surface area contributed by atoms with E-state index in [-0.39, 0.29) is 5.97 Å². The minimum absolute atomic E-state index is 0.164. The number of guanidine groups is 1. The summed E-state index contributed by atoms with van der Waals surface area (Å²) in [5.41, 5.74) is 1.11.